The van der Waals surface area contributed by atoms with E-state index in [9.17, 15) is 4.79 Å². The van der Waals surface area contributed by atoms with Gasteiger partial charge in [-0.05, 0) is 38.0 Å². The van der Waals surface area contributed by atoms with Gasteiger partial charge >= 0.3 is 0 Å². The van der Waals surface area contributed by atoms with Crippen LogP contribution in [0.3, 0.4) is 0 Å². The Hall–Kier alpha value is -1.71. The summed E-state index contributed by atoms with van der Waals surface area (Å²) in [4.78, 5) is 11.9. The fourth-order valence-corrected chi connectivity index (χ4v) is 2.44. The van der Waals surface area contributed by atoms with Crippen LogP contribution in [0.25, 0.3) is 0 Å². The minimum atomic E-state index is -0.0641. The lowest BCUT2D eigenvalue weighted by Gasteiger charge is -2.24. The smallest absolute Gasteiger partial charge is 0.251 e. The van der Waals surface area contributed by atoms with Crippen LogP contribution in [0, 0.1) is 5.92 Å². The molecule has 4 N–H and O–H groups in total. The number of hydrogen-bond acceptors (Lipinski definition) is 3. The molecular weight excluding hydrogens is 250 g/mol. The summed E-state index contributed by atoms with van der Waals surface area (Å²) in [6.45, 7) is 9.08. The molecule has 0 aliphatic heterocycles. The highest BCUT2D eigenvalue weighted by atomic mass is 16.1. The normalized spacial score (nSPS) is 12.2. The van der Waals surface area contributed by atoms with E-state index in [2.05, 4.69) is 31.4 Å². The Kier molecular flexibility index (Phi) is 6.36. The van der Waals surface area contributed by atoms with Crippen LogP contribution in [0.4, 0.5) is 11.4 Å². The molecule has 1 aromatic rings. The van der Waals surface area contributed by atoms with Crippen molar-refractivity contribution < 1.29 is 4.79 Å². The summed E-state index contributed by atoms with van der Waals surface area (Å²) < 4.78 is 0. The fraction of sp³-hybridized carbons (Fsp3) is 0.562. The Bertz CT molecular complexity index is 441. The van der Waals surface area contributed by atoms with Crippen LogP contribution in [-0.4, -0.2) is 18.5 Å². The summed E-state index contributed by atoms with van der Waals surface area (Å²) in [5.74, 6) is 0.535. The third kappa shape index (κ3) is 4.15. The summed E-state index contributed by atoms with van der Waals surface area (Å²) in [6, 6.07) is 5.70. The molecule has 4 heteroatoms. The highest BCUT2D eigenvalue weighted by Gasteiger charge is 2.15. The molecule has 1 unspecified atom stereocenters. The van der Waals surface area contributed by atoms with E-state index >= 15 is 0 Å². The lowest BCUT2D eigenvalue weighted by Crippen LogP contribution is -2.26. The van der Waals surface area contributed by atoms with Crippen molar-refractivity contribution in [2.24, 2.45) is 5.92 Å². The predicted octanol–water partition coefficient (Wildman–Crippen LogP) is 3.26. The topological polar surface area (TPSA) is 67.2 Å². The first-order valence-electron chi connectivity index (χ1n) is 7.47. The third-order valence-corrected chi connectivity index (χ3v) is 3.79. The maximum absolute atomic E-state index is 11.9. The zero-order valence-electron chi connectivity index (χ0n) is 13.0. The van der Waals surface area contributed by atoms with E-state index in [1.165, 1.54) is 0 Å². The second-order valence-electron chi connectivity index (χ2n) is 5.17. The van der Waals surface area contributed by atoms with Crippen LogP contribution in [0.5, 0.6) is 0 Å². The second kappa shape index (κ2) is 7.78. The van der Waals surface area contributed by atoms with Crippen molar-refractivity contribution in [1.29, 1.82) is 0 Å². The van der Waals surface area contributed by atoms with Gasteiger partial charge in [-0.3, -0.25) is 4.79 Å². The lowest BCUT2D eigenvalue weighted by atomic mass is 9.95. The Morgan fingerprint density at radius 1 is 1.25 bits per heavy atom. The zero-order chi connectivity index (χ0) is 15.1. The van der Waals surface area contributed by atoms with Crippen molar-refractivity contribution in [3.05, 3.63) is 23.8 Å². The number of benzene rings is 1. The molecule has 0 saturated carbocycles. The van der Waals surface area contributed by atoms with E-state index in [4.69, 9.17) is 5.73 Å². The SMILES string of the molecule is CCNC(=O)c1ccc(N)c(NC(C)C(CC)CC)c1. The average molecular weight is 277 g/mol. The highest BCUT2D eigenvalue weighted by molar-refractivity contribution is 5.96. The number of nitrogens with one attached hydrogen (secondary N) is 2. The molecule has 0 saturated heterocycles. The van der Waals surface area contributed by atoms with Crippen molar-refractivity contribution >= 4 is 17.3 Å². The molecule has 4 nitrogen and oxygen atoms in total. The van der Waals surface area contributed by atoms with Crippen molar-refractivity contribution in [1.82, 2.24) is 5.32 Å². The van der Waals surface area contributed by atoms with Crippen LogP contribution in [-0.2, 0) is 0 Å². The number of rotatable bonds is 7. The first-order valence-corrected chi connectivity index (χ1v) is 7.47. The van der Waals surface area contributed by atoms with Gasteiger partial charge in [0.25, 0.3) is 5.91 Å². The molecule has 112 valence electrons. The van der Waals surface area contributed by atoms with E-state index in [0.717, 1.165) is 18.5 Å². The van der Waals surface area contributed by atoms with Gasteiger partial charge in [-0.15, -0.1) is 0 Å². The van der Waals surface area contributed by atoms with Gasteiger partial charge in [0.2, 0.25) is 0 Å². The van der Waals surface area contributed by atoms with Gasteiger partial charge in [0, 0.05) is 18.2 Å². The number of nitrogen functional groups attached to an aromatic ring is 1. The molecule has 0 aromatic heterocycles. The average Bonchev–Trinajstić information content (AvgIpc) is 2.42. The van der Waals surface area contributed by atoms with Crippen molar-refractivity contribution in [3.63, 3.8) is 0 Å². The Morgan fingerprint density at radius 3 is 2.45 bits per heavy atom. The van der Waals surface area contributed by atoms with E-state index < -0.39 is 0 Å². The standard InChI is InChI=1S/C16H27N3O/c1-5-12(6-2)11(4)19-15-10-13(8-9-14(15)17)16(20)18-7-3/h8-12,19H,5-7,17H2,1-4H3,(H,18,20). The number of carbonyl (C=O) groups is 1. The number of amides is 1. The summed E-state index contributed by atoms with van der Waals surface area (Å²) >= 11 is 0. The molecule has 1 rings (SSSR count). The van der Waals surface area contributed by atoms with E-state index in [1.54, 1.807) is 12.1 Å². The molecule has 0 radical (unpaired) electrons. The Labute approximate surface area is 122 Å². The Morgan fingerprint density at radius 2 is 1.90 bits per heavy atom. The van der Waals surface area contributed by atoms with Crippen LogP contribution in [0.2, 0.25) is 0 Å². The maximum atomic E-state index is 11.9. The molecule has 0 fully saturated rings. The number of anilines is 2. The molecule has 1 atom stereocenters. The third-order valence-electron chi connectivity index (χ3n) is 3.79. The maximum Gasteiger partial charge on any atom is 0.251 e. The molecule has 0 bridgehead atoms. The quantitative estimate of drug-likeness (QED) is 0.670. The minimum absolute atomic E-state index is 0.0641. The fourth-order valence-electron chi connectivity index (χ4n) is 2.44. The Balaban J connectivity index is 2.89. The lowest BCUT2D eigenvalue weighted by molar-refractivity contribution is 0.0956. The van der Waals surface area contributed by atoms with Gasteiger partial charge in [0.1, 0.15) is 0 Å². The molecule has 0 heterocycles. The van der Waals surface area contributed by atoms with Gasteiger partial charge in [0.15, 0.2) is 0 Å². The number of nitrogens with two attached hydrogens (primary N) is 1. The highest BCUT2D eigenvalue weighted by Crippen LogP contribution is 2.24. The summed E-state index contributed by atoms with van der Waals surface area (Å²) in [5, 5.41) is 6.24. The monoisotopic (exact) mass is 277 g/mol. The predicted molar refractivity (Wildman–Crippen MR) is 86.0 cm³/mol. The summed E-state index contributed by atoms with van der Waals surface area (Å²) in [7, 11) is 0. The molecule has 1 amide bonds. The first-order chi connectivity index (χ1) is 9.53. The van der Waals surface area contributed by atoms with E-state index in [1.807, 2.05) is 13.0 Å². The molecule has 0 spiro atoms. The molecule has 20 heavy (non-hydrogen) atoms. The first kappa shape index (κ1) is 16.3. The van der Waals surface area contributed by atoms with E-state index in [-0.39, 0.29) is 5.91 Å². The second-order valence-corrected chi connectivity index (χ2v) is 5.17. The van der Waals surface area contributed by atoms with Gasteiger partial charge in [-0.25, -0.2) is 0 Å². The minimum Gasteiger partial charge on any atom is -0.397 e. The summed E-state index contributed by atoms with van der Waals surface area (Å²) in [6.07, 6.45) is 2.25. The van der Waals surface area contributed by atoms with Crippen LogP contribution < -0.4 is 16.4 Å². The molecule has 0 aliphatic carbocycles. The van der Waals surface area contributed by atoms with Gasteiger partial charge in [0.05, 0.1) is 11.4 Å². The largest absolute Gasteiger partial charge is 0.397 e. The number of carbonyl (C=O) groups excluding carboxylic acids is 1. The van der Waals surface area contributed by atoms with Crippen molar-refractivity contribution in [3.8, 4) is 0 Å². The van der Waals surface area contributed by atoms with Gasteiger partial charge in [-0.2, -0.15) is 0 Å². The molecule has 0 aliphatic rings. The zero-order valence-corrected chi connectivity index (χ0v) is 13.0. The van der Waals surface area contributed by atoms with Gasteiger partial charge in [-0.1, -0.05) is 26.7 Å². The van der Waals surface area contributed by atoms with Crippen LogP contribution >= 0.6 is 0 Å². The van der Waals surface area contributed by atoms with Crippen molar-refractivity contribution in [2.45, 2.75) is 46.6 Å². The van der Waals surface area contributed by atoms with Crippen molar-refractivity contribution in [2.75, 3.05) is 17.6 Å². The molecule has 1 aromatic carbocycles. The van der Waals surface area contributed by atoms with Crippen LogP contribution in [0.1, 0.15) is 50.9 Å². The van der Waals surface area contributed by atoms with E-state index in [0.29, 0.717) is 29.8 Å². The summed E-state index contributed by atoms with van der Waals surface area (Å²) in [5.41, 5.74) is 8.16. The van der Waals surface area contributed by atoms with Gasteiger partial charge < -0.3 is 16.4 Å². The number of hydrogen-bond donors (Lipinski definition) is 3. The molecular formula is C16H27N3O. The van der Waals surface area contributed by atoms with Crippen LogP contribution in [0.15, 0.2) is 18.2 Å².